The summed E-state index contributed by atoms with van der Waals surface area (Å²) < 4.78 is 24.6. The van der Waals surface area contributed by atoms with Gasteiger partial charge in [-0.15, -0.1) is 11.8 Å². The Morgan fingerprint density at radius 2 is 1.66 bits per heavy atom. The normalized spacial score (nSPS) is 11.3. The third-order valence-electron chi connectivity index (χ3n) is 4.04. The van der Waals surface area contributed by atoms with Crippen LogP contribution in [0.5, 0.6) is 0 Å². The number of aromatic nitrogens is 2. The zero-order valence-electron chi connectivity index (χ0n) is 16.0. The van der Waals surface area contributed by atoms with Crippen molar-refractivity contribution in [3.8, 4) is 0 Å². The topological polar surface area (TPSA) is 84.0 Å². The molecule has 1 heterocycles. The summed E-state index contributed by atoms with van der Waals surface area (Å²) in [5.41, 5.74) is 1.54. The van der Waals surface area contributed by atoms with Crippen molar-refractivity contribution in [1.82, 2.24) is 9.97 Å². The van der Waals surface area contributed by atoms with Crippen LogP contribution in [0.3, 0.4) is 0 Å². The molecule has 0 radical (unpaired) electrons. The van der Waals surface area contributed by atoms with Crippen LogP contribution >= 0.6 is 23.4 Å². The molecule has 1 aromatic heterocycles. The molecule has 0 aliphatic carbocycles. The Balaban J connectivity index is 1.88. The van der Waals surface area contributed by atoms with Crippen LogP contribution in [0.1, 0.15) is 13.8 Å². The van der Waals surface area contributed by atoms with Gasteiger partial charge in [0.1, 0.15) is 18.0 Å². The Morgan fingerprint density at radius 3 is 2.31 bits per heavy atom. The van der Waals surface area contributed by atoms with Gasteiger partial charge in [0.2, 0.25) is 0 Å². The van der Waals surface area contributed by atoms with Gasteiger partial charge in [0.25, 0.3) is 0 Å². The fourth-order valence-electron chi connectivity index (χ4n) is 2.56. The summed E-state index contributed by atoms with van der Waals surface area (Å²) in [6.07, 6.45) is 1.44. The van der Waals surface area contributed by atoms with Crippen LogP contribution in [0.4, 0.5) is 23.0 Å². The van der Waals surface area contributed by atoms with Crippen molar-refractivity contribution in [1.29, 1.82) is 0 Å². The van der Waals surface area contributed by atoms with E-state index in [1.807, 2.05) is 25.1 Å². The van der Waals surface area contributed by atoms with Gasteiger partial charge in [-0.3, -0.25) is 0 Å². The minimum Gasteiger partial charge on any atom is -0.340 e. The molecule has 3 rings (SSSR count). The van der Waals surface area contributed by atoms with Crippen molar-refractivity contribution in [3.63, 3.8) is 0 Å². The molecular weight excluding hydrogens is 428 g/mol. The molecule has 0 amide bonds. The number of thioether (sulfide) groups is 1. The van der Waals surface area contributed by atoms with E-state index < -0.39 is 9.84 Å². The standard InChI is InChI=1S/C20H21ClN4O2S2/c1-3-28-18-10-9-16(29(26,27)4-2)11-17(18)25-20-12-19(22-13-23-20)24-15-7-5-14(21)6-8-15/h5-13H,3-4H2,1-2H3,(H2,22,23,24,25). The van der Waals surface area contributed by atoms with Crippen molar-refractivity contribution in [3.05, 3.63) is 59.9 Å². The number of anilines is 4. The van der Waals surface area contributed by atoms with Crippen molar-refractivity contribution in [2.45, 2.75) is 23.6 Å². The minimum atomic E-state index is -3.30. The van der Waals surface area contributed by atoms with Gasteiger partial charge in [-0.05, 0) is 48.2 Å². The number of benzene rings is 2. The van der Waals surface area contributed by atoms with E-state index in [4.69, 9.17) is 11.6 Å². The van der Waals surface area contributed by atoms with Gasteiger partial charge in [0.05, 0.1) is 16.3 Å². The quantitative estimate of drug-likeness (QED) is 0.438. The molecule has 3 aromatic rings. The highest BCUT2D eigenvalue weighted by atomic mass is 35.5. The van der Waals surface area contributed by atoms with E-state index in [0.717, 1.165) is 16.3 Å². The molecular formula is C20H21ClN4O2S2. The molecule has 0 spiro atoms. The fraction of sp³-hybridized carbons (Fsp3) is 0.200. The predicted molar refractivity (Wildman–Crippen MR) is 121 cm³/mol. The van der Waals surface area contributed by atoms with Crippen LogP contribution in [0, 0.1) is 0 Å². The van der Waals surface area contributed by atoms with Crippen LogP contribution in [-0.4, -0.2) is 29.9 Å². The molecule has 0 saturated heterocycles. The summed E-state index contributed by atoms with van der Waals surface area (Å²) in [7, 11) is -3.30. The zero-order valence-corrected chi connectivity index (χ0v) is 18.4. The Bertz CT molecular complexity index is 1090. The van der Waals surface area contributed by atoms with E-state index in [-0.39, 0.29) is 10.6 Å². The zero-order chi connectivity index (χ0) is 20.9. The average molecular weight is 449 g/mol. The maximum atomic E-state index is 12.3. The Morgan fingerprint density at radius 1 is 0.966 bits per heavy atom. The second-order valence-corrected chi connectivity index (χ2v) is 10.1. The van der Waals surface area contributed by atoms with Crippen LogP contribution in [0.15, 0.2) is 64.6 Å². The van der Waals surface area contributed by atoms with Crippen molar-refractivity contribution in [2.75, 3.05) is 22.1 Å². The summed E-state index contributed by atoms with van der Waals surface area (Å²) in [4.78, 5) is 9.73. The Hall–Kier alpha value is -2.29. The minimum absolute atomic E-state index is 0.0510. The Kier molecular flexibility index (Phi) is 7.00. The number of halogens is 1. The van der Waals surface area contributed by atoms with Crippen LogP contribution in [0.2, 0.25) is 5.02 Å². The van der Waals surface area contributed by atoms with E-state index in [9.17, 15) is 8.42 Å². The van der Waals surface area contributed by atoms with Crippen molar-refractivity contribution < 1.29 is 8.42 Å². The second kappa shape index (κ2) is 9.47. The smallest absolute Gasteiger partial charge is 0.178 e. The van der Waals surface area contributed by atoms with Gasteiger partial charge in [-0.2, -0.15) is 0 Å². The van der Waals surface area contributed by atoms with Gasteiger partial charge < -0.3 is 10.6 Å². The van der Waals surface area contributed by atoms with E-state index in [1.165, 1.54) is 6.33 Å². The van der Waals surface area contributed by atoms with Crippen molar-refractivity contribution in [2.24, 2.45) is 0 Å². The lowest BCUT2D eigenvalue weighted by molar-refractivity contribution is 0.597. The number of nitrogens with zero attached hydrogens (tertiary/aromatic N) is 2. The van der Waals surface area contributed by atoms with Gasteiger partial charge in [-0.25, -0.2) is 18.4 Å². The first-order chi connectivity index (χ1) is 13.9. The van der Waals surface area contributed by atoms with Crippen LogP contribution < -0.4 is 10.6 Å². The highest BCUT2D eigenvalue weighted by Crippen LogP contribution is 2.32. The number of hydrogen-bond donors (Lipinski definition) is 2. The molecule has 0 aliphatic rings. The molecule has 0 atom stereocenters. The summed E-state index contributed by atoms with van der Waals surface area (Å²) in [5.74, 6) is 2.07. The third kappa shape index (κ3) is 5.62. The predicted octanol–water partition coefficient (Wildman–Crippen LogP) is 5.52. The summed E-state index contributed by atoms with van der Waals surface area (Å²) in [6, 6.07) is 14.2. The monoisotopic (exact) mass is 448 g/mol. The van der Waals surface area contributed by atoms with Gasteiger partial charge in [0.15, 0.2) is 9.84 Å². The number of rotatable bonds is 8. The molecule has 0 aliphatic heterocycles. The molecule has 29 heavy (non-hydrogen) atoms. The Labute approximate surface area is 180 Å². The summed E-state index contributed by atoms with van der Waals surface area (Å²) in [5, 5.41) is 7.08. The van der Waals surface area contributed by atoms with Gasteiger partial charge in [0, 0.05) is 21.7 Å². The summed E-state index contributed by atoms with van der Waals surface area (Å²) in [6.45, 7) is 3.68. The van der Waals surface area contributed by atoms with Crippen molar-refractivity contribution >= 4 is 56.2 Å². The molecule has 0 unspecified atom stereocenters. The maximum Gasteiger partial charge on any atom is 0.178 e. The first-order valence-corrected chi connectivity index (χ1v) is 12.0. The largest absolute Gasteiger partial charge is 0.340 e. The molecule has 6 nitrogen and oxygen atoms in total. The highest BCUT2D eigenvalue weighted by Gasteiger charge is 2.15. The van der Waals surface area contributed by atoms with Crippen LogP contribution in [-0.2, 0) is 9.84 Å². The van der Waals surface area contributed by atoms with E-state index >= 15 is 0 Å². The molecule has 9 heteroatoms. The lowest BCUT2D eigenvalue weighted by Gasteiger charge is -2.13. The van der Waals surface area contributed by atoms with Gasteiger partial charge in [-0.1, -0.05) is 25.4 Å². The molecule has 2 N–H and O–H groups in total. The first kappa shape index (κ1) is 21.4. The SMILES string of the molecule is CCSc1ccc(S(=O)(=O)CC)cc1Nc1cc(Nc2ccc(Cl)cc2)ncn1. The molecule has 2 aromatic carbocycles. The van der Waals surface area contributed by atoms with E-state index in [0.29, 0.717) is 22.3 Å². The number of hydrogen-bond acceptors (Lipinski definition) is 7. The molecule has 152 valence electrons. The van der Waals surface area contributed by atoms with E-state index in [2.05, 4.69) is 20.6 Å². The summed E-state index contributed by atoms with van der Waals surface area (Å²) >= 11 is 7.55. The van der Waals surface area contributed by atoms with Crippen LogP contribution in [0.25, 0.3) is 0 Å². The van der Waals surface area contributed by atoms with E-state index in [1.54, 1.807) is 49.0 Å². The number of sulfone groups is 1. The maximum absolute atomic E-state index is 12.3. The molecule has 0 fully saturated rings. The molecule has 0 saturated carbocycles. The highest BCUT2D eigenvalue weighted by molar-refractivity contribution is 7.99. The fourth-order valence-corrected chi connectivity index (χ4v) is 4.33. The average Bonchev–Trinajstić information content (AvgIpc) is 2.71. The third-order valence-corrected chi connectivity index (χ3v) is 6.98. The lowest BCUT2D eigenvalue weighted by atomic mass is 10.3. The lowest BCUT2D eigenvalue weighted by Crippen LogP contribution is -2.05. The molecule has 0 bridgehead atoms. The first-order valence-electron chi connectivity index (χ1n) is 9.02. The van der Waals surface area contributed by atoms with Gasteiger partial charge >= 0.3 is 0 Å². The number of nitrogens with one attached hydrogen (secondary N) is 2. The second-order valence-electron chi connectivity index (χ2n) is 6.04.